The number of rotatable bonds is 7. The summed E-state index contributed by atoms with van der Waals surface area (Å²) in [5.74, 6) is 0.836. The number of ether oxygens (including phenoxy) is 3. The predicted octanol–water partition coefficient (Wildman–Crippen LogP) is 5.18. The van der Waals surface area contributed by atoms with Gasteiger partial charge in [0.1, 0.15) is 15.3 Å². The van der Waals surface area contributed by atoms with Gasteiger partial charge in [-0.15, -0.1) is 11.3 Å². The highest BCUT2D eigenvalue weighted by Crippen LogP contribution is 2.43. The van der Waals surface area contributed by atoms with Gasteiger partial charge in [-0.3, -0.25) is 0 Å². The molecule has 0 spiro atoms. The van der Waals surface area contributed by atoms with Gasteiger partial charge in [0.15, 0.2) is 16.6 Å². The predicted molar refractivity (Wildman–Crippen MR) is 112 cm³/mol. The number of nitriles is 1. The number of nitrogens with one attached hydrogen (secondary N) is 1. The molecule has 28 heavy (non-hydrogen) atoms. The molecule has 0 aliphatic carbocycles. The standard InChI is InChI=1S/C18H17N3O4S3/c1-5-25-17(22)15-9(2)14(26-8-19)16(28-15)21-18-20-10-6-11(23-3)12(24-4)7-13(10)27-18/h6-7H,5H2,1-4H3,(H,20,21). The second-order valence-electron chi connectivity index (χ2n) is 5.45. The van der Waals surface area contributed by atoms with Crippen LogP contribution < -0.4 is 14.8 Å². The van der Waals surface area contributed by atoms with E-state index in [-0.39, 0.29) is 0 Å². The molecule has 146 valence electrons. The van der Waals surface area contributed by atoms with Gasteiger partial charge in [0.25, 0.3) is 0 Å². The van der Waals surface area contributed by atoms with E-state index in [1.54, 1.807) is 21.1 Å². The third-order valence-electron chi connectivity index (χ3n) is 3.81. The fourth-order valence-corrected chi connectivity index (χ4v) is 5.29. The molecule has 10 heteroatoms. The van der Waals surface area contributed by atoms with E-state index in [2.05, 4.69) is 15.7 Å². The Kier molecular flexibility index (Phi) is 6.28. The molecule has 0 radical (unpaired) electrons. The van der Waals surface area contributed by atoms with Crippen LogP contribution in [0.15, 0.2) is 17.0 Å². The van der Waals surface area contributed by atoms with Crippen LogP contribution in [-0.4, -0.2) is 31.8 Å². The average molecular weight is 436 g/mol. The summed E-state index contributed by atoms with van der Waals surface area (Å²) in [5.41, 5.74) is 1.49. The second kappa shape index (κ2) is 8.68. The lowest BCUT2D eigenvalue weighted by molar-refractivity contribution is 0.0531. The van der Waals surface area contributed by atoms with Crippen molar-refractivity contribution in [3.05, 3.63) is 22.6 Å². The normalized spacial score (nSPS) is 10.5. The van der Waals surface area contributed by atoms with Crippen LogP contribution in [0.2, 0.25) is 0 Å². The lowest BCUT2D eigenvalue weighted by atomic mass is 10.3. The van der Waals surface area contributed by atoms with Crippen LogP contribution in [0.4, 0.5) is 10.1 Å². The minimum absolute atomic E-state index is 0.293. The van der Waals surface area contributed by atoms with Crippen molar-refractivity contribution < 1.29 is 19.0 Å². The smallest absolute Gasteiger partial charge is 0.348 e. The van der Waals surface area contributed by atoms with E-state index in [1.165, 1.54) is 22.7 Å². The number of carbonyl (C=O) groups excluding carboxylic acids is 1. The fourth-order valence-electron chi connectivity index (χ4n) is 2.55. The lowest BCUT2D eigenvalue weighted by Crippen LogP contribution is -2.03. The van der Waals surface area contributed by atoms with Crippen molar-refractivity contribution in [3.63, 3.8) is 0 Å². The van der Waals surface area contributed by atoms with Crippen molar-refractivity contribution in [3.8, 4) is 16.9 Å². The molecule has 2 heterocycles. The molecule has 1 aromatic carbocycles. The first kappa shape index (κ1) is 20.3. The fraction of sp³-hybridized carbons (Fsp3) is 0.278. The van der Waals surface area contributed by atoms with Crippen molar-refractivity contribution in [2.45, 2.75) is 18.7 Å². The molecule has 0 unspecified atom stereocenters. The number of thiocyanates is 1. The van der Waals surface area contributed by atoms with Crippen LogP contribution in [0.3, 0.4) is 0 Å². The van der Waals surface area contributed by atoms with Crippen molar-refractivity contribution in [1.29, 1.82) is 5.26 Å². The van der Waals surface area contributed by atoms with Crippen LogP contribution in [0.25, 0.3) is 10.2 Å². The van der Waals surface area contributed by atoms with Crippen LogP contribution in [0, 0.1) is 17.6 Å². The molecular formula is C18H17N3O4S3. The Balaban J connectivity index is 1.99. The van der Waals surface area contributed by atoms with Crippen molar-refractivity contribution >= 4 is 60.8 Å². The Labute approximate surface area is 174 Å². The number of esters is 1. The van der Waals surface area contributed by atoms with E-state index in [0.717, 1.165) is 27.5 Å². The number of hydrogen-bond acceptors (Lipinski definition) is 10. The molecule has 0 amide bonds. The minimum Gasteiger partial charge on any atom is -0.493 e. The molecule has 0 atom stereocenters. The van der Waals surface area contributed by atoms with Gasteiger partial charge in [-0.05, 0) is 31.2 Å². The molecule has 0 bridgehead atoms. The first-order chi connectivity index (χ1) is 13.5. The Morgan fingerprint density at radius 1 is 1.29 bits per heavy atom. The molecule has 3 aromatic rings. The summed E-state index contributed by atoms with van der Waals surface area (Å²) in [5, 5.41) is 15.8. The van der Waals surface area contributed by atoms with Gasteiger partial charge >= 0.3 is 5.97 Å². The quantitative estimate of drug-likeness (QED) is 0.308. The maximum atomic E-state index is 12.2. The van der Waals surface area contributed by atoms with E-state index in [9.17, 15) is 4.79 Å². The van der Waals surface area contributed by atoms with Crippen LogP contribution in [0.1, 0.15) is 22.2 Å². The largest absolute Gasteiger partial charge is 0.493 e. The molecule has 7 nitrogen and oxygen atoms in total. The Hall–Kier alpha value is -2.48. The van der Waals surface area contributed by atoms with Gasteiger partial charge < -0.3 is 19.5 Å². The summed E-state index contributed by atoms with van der Waals surface area (Å²) in [6.07, 6.45) is 0. The summed E-state index contributed by atoms with van der Waals surface area (Å²) in [6, 6.07) is 3.68. The first-order valence-electron chi connectivity index (χ1n) is 8.18. The summed E-state index contributed by atoms with van der Waals surface area (Å²) in [7, 11) is 3.16. The number of methoxy groups -OCH3 is 2. The van der Waals surface area contributed by atoms with Crippen LogP contribution in [-0.2, 0) is 4.74 Å². The number of hydrogen-bond donors (Lipinski definition) is 1. The van der Waals surface area contributed by atoms with E-state index in [1.807, 2.05) is 19.1 Å². The summed E-state index contributed by atoms with van der Waals surface area (Å²) in [6.45, 7) is 3.86. The number of thiazole rings is 1. The molecular weight excluding hydrogens is 418 g/mol. The molecule has 0 saturated heterocycles. The number of nitrogens with zero attached hydrogens (tertiary/aromatic N) is 2. The molecule has 0 fully saturated rings. The maximum Gasteiger partial charge on any atom is 0.348 e. The zero-order chi connectivity index (χ0) is 20.3. The molecule has 0 saturated carbocycles. The Morgan fingerprint density at radius 3 is 2.64 bits per heavy atom. The molecule has 0 aliphatic rings. The van der Waals surface area contributed by atoms with E-state index in [4.69, 9.17) is 19.5 Å². The zero-order valence-corrected chi connectivity index (χ0v) is 18.1. The monoisotopic (exact) mass is 435 g/mol. The highest BCUT2D eigenvalue weighted by Gasteiger charge is 2.22. The highest BCUT2D eigenvalue weighted by molar-refractivity contribution is 8.04. The number of thiophene rings is 1. The number of anilines is 2. The molecule has 2 aromatic heterocycles. The van der Waals surface area contributed by atoms with E-state index in [0.29, 0.717) is 38.0 Å². The zero-order valence-electron chi connectivity index (χ0n) is 15.6. The van der Waals surface area contributed by atoms with Gasteiger partial charge in [-0.1, -0.05) is 11.3 Å². The average Bonchev–Trinajstić information content (AvgIpc) is 3.22. The summed E-state index contributed by atoms with van der Waals surface area (Å²) in [4.78, 5) is 18.0. The number of benzene rings is 1. The van der Waals surface area contributed by atoms with Gasteiger partial charge in [0.2, 0.25) is 0 Å². The van der Waals surface area contributed by atoms with Crippen LogP contribution >= 0.6 is 34.4 Å². The van der Waals surface area contributed by atoms with E-state index >= 15 is 0 Å². The van der Waals surface area contributed by atoms with Gasteiger partial charge in [0, 0.05) is 12.1 Å². The number of aromatic nitrogens is 1. The van der Waals surface area contributed by atoms with Crippen molar-refractivity contribution in [1.82, 2.24) is 4.98 Å². The van der Waals surface area contributed by atoms with Crippen molar-refractivity contribution in [2.24, 2.45) is 0 Å². The van der Waals surface area contributed by atoms with Gasteiger partial charge in [0.05, 0.1) is 35.9 Å². The second-order valence-corrected chi connectivity index (χ2v) is 8.29. The third kappa shape index (κ3) is 3.87. The number of thioether (sulfide) groups is 1. The minimum atomic E-state index is -0.392. The van der Waals surface area contributed by atoms with E-state index < -0.39 is 5.97 Å². The van der Waals surface area contributed by atoms with Crippen molar-refractivity contribution in [2.75, 3.05) is 26.1 Å². The number of fused-ring (bicyclic) bond motifs is 1. The SMILES string of the molecule is CCOC(=O)c1sc(Nc2nc3cc(OC)c(OC)cc3s2)c(SC#N)c1C. The number of carbonyl (C=O) groups is 1. The Bertz CT molecular complexity index is 1030. The first-order valence-corrected chi connectivity index (χ1v) is 10.6. The summed E-state index contributed by atoms with van der Waals surface area (Å²) < 4.78 is 16.7. The summed E-state index contributed by atoms with van der Waals surface area (Å²) >= 11 is 3.70. The van der Waals surface area contributed by atoms with Gasteiger partial charge in [-0.2, -0.15) is 5.26 Å². The molecule has 3 rings (SSSR count). The highest BCUT2D eigenvalue weighted by atomic mass is 32.2. The lowest BCUT2D eigenvalue weighted by Gasteiger charge is -2.05. The third-order valence-corrected chi connectivity index (χ3v) is 6.87. The maximum absolute atomic E-state index is 12.2. The molecule has 0 aliphatic heterocycles. The molecule has 1 N–H and O–H groups in total. The Morgan fingerprint density at radius 2 is 2.00 bits per heavy atom. The van der Waals surface area contributed by atoms with Crippen LogP contribution in [0.5, 0.6) is 11.5 Å². The topological polar surface area (TPSA) is 93.5 Å². The van der Waals surface area contributed by atoms with Gasteiger partial charge in [-0.25, -0.2) is 9.78 Å².